The van der Waals surface area contributed by atoms with Crippen LogP contribution in [0.5, 0.6) is 0 Å². The molecule has 1 unspecified atom stereocenters. The van der Waals surface area contributed by atoms with Crippen molar-refractivity contribution in [2.24, 2.45) is 0 Å². The Balaban J connectivity index is 1.15. The predicted molar refractivity (Wildman–Crippen MR) is 221 cm³/mol. The highest BCUT2D eigenvalue weighted by atomic mass is 16.6. The molecule has 2 aliphatic heterocycles. The quantitative estimate of drug-likeness (QED) is 0.150. The van der Waals surface area contributed by atoms with E-state index in [-0.39, 0.29) is 44.0 Å². The molecule has 0 fully saturated rings. The summed E-state index contributed by atoms with van der Waals surface area (Å²) in [7, 11) is 0. The number of nitrogens with one attached hydrogen (secondary N) is 2. The standard InChI is InChI=1S/C45H43N7O6/c1-3-57-44(55)47-34-16-15-31-14-13-30-9-5-7-11-38(30)51(40(31)24-34)42(53)27-49-21-19-33(26-49)37-23-32-10-6-8-12-39(32)52(43(54)28-50-22-20-46-29-50)41-25-35(17-18-36(37)41)48-45(56)58-4-2/h5-12,15-22,24-26,29,37H,3-4,13-14,23,27-28H2,1-2H3,(H,47,55)(H,48,56). The normalized spacial score (nSPS) is 14.1. The monoisotopic (exact) mass is 777 g/mol. The number of hydrogen-bond acceptors (Lipinski definition) is 7. The number of benzene rings is 4. The second-order valence-electron chi connectivity index (χ2n) is 14.1. The van der Waals surface area contributed by atoms with Crippen molar-refractivity contribution in [3.05, 3.63) is 150 Å². The van der Waals surface area contributed by atoms with Gasteiger partial charge in [-0.05, 0) is 103 Å². The van der Waals surface area contributed by atoms with E-state index >= 15 is 0 Å². The molecule has 13 nitrogen and oxygen atoms in total. The lowest BCUT2D eigenvalue weighted by atomic mass is 9.87. The molecular formula is C45H43N7O6. The molecule has 294 valence electrons. The first kappa shape index (κ1) is 37.8. The van der Waals surface area contributed by atoms with Crippen LogP contribution in [0.3, 0.4) is 0 Å². The van der Waals surface area contributed by atoms with Crippen molar-refractivity contribution in [2.45, 2.75) is 52.1 Å². The molecule has 0 aliphatic carbocycles. The Morgan fingerprint density at radius 2 is 1.24 bits per heavy atom. The van der Waals surface area contributed by atoms with Crippen LogP contribution >= 0.6 is 0 Å². The fourth-order valence-electron chi connectivity index (χ4n) is 7.87. The maximum absolute atomic E-state index is 14.6. The third-order valence-corrected chi connectivity index (χ3v) is 10.4. The Morgan fingerprint density at radius 1 is 0.655 bits per heavy atom. The number of ether oxygens (including phenoxy) is 2. The summed E-state index contributed by atoms with van der Waals surface area (Å²) in [4.78, 5) is 61.4. The lowest BCUT2D eigenvalue weighted by Crippen LogP contribution is -2.30. The van der Waals surface area contributed by atoms with Crippen molar-refractivity contribution in [3.8, 4) is 0 Å². The highest BCUT2D eigenvalue weighted by molar-refractivity contribution is 6.04. The summed E-state index contributed by atoms with van der Waals surface area (Å²) < 4.78 is 13.9. The SMILES string of the molecule is CCOC(=O)Nc1ccc2c(c1)N(C(=O)Cn1ccc(C3Cc4ccccc4N(C(=O)Cn4ccnc4)c4cc(NC(=O)OCC)ccc43)c1)c1ccccc1CC2. The largest absolute Gasteiger partial charge is 0.450 e. The maximum atomic E-state index is 14.6. The minimum atomic E-state index is -0.591. The van der Waals surface area contributed by atoms with Gasteiger partial charge in [0.25, 0.3) is 11.8 Å². The zero-order valence-electron chi connectivity index (χ0n) is 32.3. The van der Waals surface area contributed by atoms with E-state index in [1.807, 2.05) is 108 Å². The molecule has 0 saturated heterocycles. The van der Waals surface area contributed by atoms with Crippen LogP contribution in [-0.2, 0) is 51.4 Å². The third-order valence-electron chi connectivity index (χ3n) is 10.4. The molecule has 1 atom stereocenters. The van der Waals surface area contributed by atoms with Crippen LogP contribution < -0.4 is 20.4 Å². The molecule has 0 saturated carbocycles. The van der Waals surface area contributed by atoms with Gasteiger partial charge in [-0.15, -0.1) is 0 Å². The Kier molecular flexibility index (Phi) is 10.8. The summed E-state index contributed by atoms with van der Waals surface area (Å²) in [6.45, 7) is 4.03. The number of imidazole rings is 1. The van der Waals surface area contributed by atoms with Crippen LogP contribution in [0.2, 0.25) is 0 Å². The van der Waals surface area contributed by atoms with Gasteiger partial charge in [-0.1, -0.05) is 48.5 Å². The number of nitrogens with zero attached hydrogens (tertiary/aromatic N) is 5. The Morgan fingerprint density at radius 3 is 1.91 bits per heavy atom. The Labute approximate surface area is 335 Å². The molecule has 0 spiro atoms. The number of aryl methyl sites for hydroxylation is 2. The number of para-hydroxylation sites is 2. The minimum absolute atomic E-state index is 0.0391. The molecule has 2 aliphatic rings. The number of aromatic nitrogens is 3. The van der Waals surface area contributed by atoms with Gasteiger partial charge in [-0.2, -0.15) is 0 Å². The number of amides is 4. The van der Waals surface area contributed by atoms with Crippen LogP contribution in [0.4, 0.5) is 43.7 Å². The Bertz CT molecular complexity index is 2490. The molecule has 2 N–H and O–H groups in total. The summed E-state index contributed by atoms with van der Waals surface area (Å²) in [6, 6.07) is 29.0. The molecule has 8 rings (SSSR count). The third kappa shape index (κ3) is 7.79. The molecule has 4 heterocycles. The summed E-state index contributed by atoms with van der Waals surface area (Å²) in [6.07, 6.45) is 9.79. The number of rotatable bonds is 9. The van der Waals surface area contributed by atoms with Crippen LogP contribution in [0.1, 0.15) is 47.6 Å². The van der Waals surface area contributed by atoms with Crippen molar-refractivity contribution < 1.29 is 28.7 Å². The van der Waals surface area contributed by atoms with Crippen molar-refractivity contribution in [3.63, 3.8) is 0 Å². The van der Waals surface area contributed by atoms with E-state index in [2.05, 4.69) is 15.6 Å². The van der Waals surface area contributed by atoms with E-state index in [9.17, 15) is 19.2 Å². The van der Waals surface area contributed by atoms with E-state index in [1.54, 1.807) is 46.9 Å². The predicted octanol–water partition coefficient (Wildman–Crippen LogP) is 8.34. The minimum Gasteiger partial charge on any atom is -0.450 e. The van der Waals surface area contributed by atoms with E-state index in [1.165, 1.54) is 0 Å². The average Bonchev–Trinajstić information content (AvgIpc) is 3.84. The van der Waals surface area contributed by atoms with Gasteiger partial charge in [-0.25, -0.2) is 14.6 Å². The Hall–Kier alpha value is -7.15. The zero-order chi connectivity index (χ0) is 40.2. The molecule has 0 radical (unpaired) electrons. The molecular weight excluding hydrogens is 735 g/mol. The van der Waals surface area contributed by atoms with E-state index < -0.39 is 12.2 Å². The second kappa shape index (κ2) is 16.5. The van der Waals surface area contributed by atoms with Crippen molar-refractivity contribution in [1.82, 2.24) is 14.1 Å². The van der Waals surface area contributed by atoms with Crippen LogP contribution in [-0.4, -0.2) is 51.3 Å². The van der Waals surface area contributed by atoms with Crippen molar-refractivity contribution in [1.29, 1.82) is 0 Å². The number of hydrogen-bond donors (Lipinski definition) is 2. The summed E-state index contributed by atoms with van der Waals surface area (Å²) >= 11 is 0. The van der Waals surface area contributed by atoms with Crippen LogP contribution in [0, 0.1) is 0 Å². The summed E-state index contributed by atoms with van der Waals surface area (Å²) in [5.41, 5.74) is 8.74. The average molecular weight is 778 g/mol. The maximum Gasteiger partial charge on any atom is 0.411 e. The van der Waals surface area contributed by atoms with Gasteiger partial charge in [0.1, 0.15) is 13.1 Å². The zero-order valence-corrected chi connectivity index (χ0v) is 32.3. The molecule has 4 aromatic carbocycles. The molecule has 58 heavy (non-hydrogen) atoms. The highest BCUT2D eigenvalue weighted by Crippen LogP contribution is 2.45. The van der Waals surface area contributed by atoms with E-state index in [4.69, 9.17) is 9.47 Å². The molecule has 4 amide bonds. The molecule has 6 aromatic rings. The van der Waals surface area contributed by atoms with Gasteiger partial charge in [0.2, 0.25) is 0 Å². The fraction of sp³-hybridized carbons (Fsp3) is 0.222. The first-order chi connectivity index (χ1) is 28.3. The van der Waals surface area contributed by atoms with Crippen molar-refractivity contribution >= 4 is 58.1 Å². The lowest BCUT2D eigenvalue weighted by molar-refractivity contribution is -0.119. The van der Waals surface area contributed by atoms with Crippen LogP contribution in [0.15, 0.2) is 122 Å². The fourth-order valence-corrected chi connectivity index (χ4v) is 7.87. The first-order valence-corrected chi connectivity index (χ1v) is 19.4. The number of anilines is 6. The van der Waals surface area contributed by atoms with Crippen molar-refractivity contribution in [2.75, 3.05) is 33.6 Å². The number of carbonyl (C=O) groups excluding carboxylic acids is 4. The van der Waals surface area contributed by atoms with Gasteiger partial charge in [0, 0.05) is 42.1 Å². The highest BCUT2D eigenvalue weighted by Gasteiger charge is 2.33. The number of carbonyl (C=O) groups is 4. The molecule has 2 aromatic heterocycles. The molecule has 0 bridgehead atoms. The first-order valence-electron chi connectivity index (χ1n) is 19.4. The second-order valence-corrected chi connectivity index (χ2v) is 14.1. The van der Waals surface area contributed by atoms with Gasteiger partial charge >= 0.3 is 12.2 Å². The topological polar surface area (TPSA) is 140 Å². The van der Waals surface area contributed by atoms with Gasteiger partial charge in [0.05, 0.1) is 42.3 Å². The molecule has 13 heteroatoms. The summed E-state index contributed by atoms with van der Waals surface area (Å²) in [5, 5.41) is 5.59. The van der Waals surface area contributed by atoms with Crippen LogP contribution in [0.25, 0.3) is 0 Å². The van der Waals surface area contributed by atoms with Gasteiger partial charge in [-0.3, -0.25) is 30.0 Å². The lowest BCUT2D eigenvalue weighted by Gasteiger charge is -2.26. The number of fused-ring (bicyclic) bond motifs is 4. The van der Waals surface area contributed by atoms with E-state index in [0.717, 1.165) is 52.0 Å². The van der Waals surface area contributed by atoms with Gasteiger partial charge in [0.15, 0.2) is 0 Å². The summed E-state index contributed by atoms with van der Waals surface area (Å²) in [5.74, 6) is -0.544. The smallest absolute Gasteiger partial charge is 0.411 e. The van der Waals surface area contributed by atoms with Gasteiger partial charge < -0.3 is 18.6 Å². The van der Waals surface area contributed by atoms with E-state index in [0.29, 0.717) is 29.2 Å².